The molecular weight excluding hydrogens is 494 g/mol. The number of H-pyrrole nitrogens is 1. The zero-order valence-corrected chi connectivity index (χ0v) is 20.3. The number of carbonyl (C=O) groups is 5. The number of rotatable bonds is 13. The third-order valence-electron chi connectivity index (χ3n) is 5.80. The van der Waals surface area contributed by atoms with Crippen LogP contribution in [0.4, 0.5) is 0 Å². The van der Waals surface area contributed by atoms with Crippen LogP contribution in [0.2, 0.25) is 0 Å². The third-order valence-corrected chi connectivity index (χ3v) is 5.80. The number of para-hydroxylation sites is 1. The van der Waals surface area contributed by atoms with E-state index in [1.807, 2.05) is 24.3 Å². The summed E-state index contributed by atoms with van der Waals surface area (Å²) in [7, 11) is 0. The van der Waals surface area contributed by atoms with Crippen molar-refractivity contribution < 1.29 is 34.2 Å². The number of aromatic nitrogens is 1. The van der Waals surface area contributed by atoms with E-state index in [0.717, 1.165) is 16.5 Å². The summed E-state index contributed by atoms with van der Waals surface area (Å²) in [6.07, 6.45) is 1.09. The van der Waals surface area contributed by atoms with Crippen molar-refractivity contribution in [2.75, 3.05) is 6.54 Å². The van der Waals surface area contributed by atoms with Crippen LogP contribution in [-0.4, -0.2) is 69.5 Å². The first-order valence-corrected chi connectivity index (χ1v) is 11.8. The lowest BCUT2D eigenvalue weighted by molar-refractivity contribution is -0.142. The van der Waals surface area contributed by atoms with Crippen molar-refractivity contribution in [3.8, 4) is 0 Å². The van der Waals surface area contributed by atoms with E-state index in [0.29, 0.717) is 5.56 Å². The lowest BCUT2D eigenvalue weighted by Gasteiger charge is -2.20. The van der Waals surface area contributed by atoms with Gasteiger partial charge in [-0.2, -0.15) is 0 Å². The van der Waals surface area contributed by atoms with Crippen molar-refractivity contribution in [2.45, 2.75) is 37.4 Å². The number of carbonyl (C=O) groups excluding carboxylic acids is 3. The molecule has 200 valence electrons. The Hall–Kier alpha value is -4.71. The van der Waals surface area contributed by atoms with Gasteiger partial charge in [0.25, 0.3) is 0 Å². The maximum Gasteiger partial charge on any atom is 0.326 e. The monoisotopic (exact) mass is 523 g/mol. The van der Waals surface area contributed by atoms with E-state index in [1.54, 1.807) is 36.5 Å². The van der Waals surface area contributed by atoms with E-state index in [9.17, 15) is 29.1 Å². The number of benzene rings is 2. The maximum absolute atomic E-state index is 12.6. The molecule has 0 aliphatic carbocycles. The van der Waals surface area contributed by atoms with Crippen molar-refractivity contribution in [2.24, 2.45) is 5.73 Å². The Morgan fingerprint density at radius 1 is 0.842 bits per heavy atom. The van der Waals surface area contributed by atoms with Crippen molar-refractivity contribution in [1.29, 1.82) is 0 Å². The minimum absolute atomic E-state index is 0.00394. The number of aliphatic carboxylic acids is 2. The van der Waals surface area contributed by atoms with E-state index >= 15 is 0 Å². The Balaban J connectivity index is 1.56. The molecule has 0 spiro atoms. The van der Waals surface area contributed by atoms with Crippen LogP contribution in [0.25, 0.3) is 10.9 Å². The molecule has 8 N–H and O–H groups in total. The number of hydrogen-bond donors (Lipinski definition) is 7. The average Bonchev–Trinajstić information content (AvgIpc) is 3.29. The van der Waals surface area contributed by atoms with Crippen LogP contribution >= 0.6 is 0 Å². The fourth-order valence-electron chi connectivity index (χ4n) is 3.88. The van der Waals surface area contributed by atoms with E-state index < -0.39 is 60.8 Å². The van der Waals surface area contributed by atoms with E-state index in [1.165, 1.54) is 0 Å². The van der Waals surface area contributed by atoms with Crippen LogP contribution in [-0.2, 0) is 36.8 Å². The highest BCUT2D eigenvalue weighted by Crippen LogP contribution is 2.19. The largest absolute Gasteiger partial charge is 0.481 e. The Kier molecular flexibility index (Phi) is 9.54. The van der Waals surface area contributed by atoms with Gasteiger partial charge in [-0.15, -0.1) is 0 Å². The molecule has 3 aromatic rings. The predicted molar refractivity (Wildman–Crippen MR) is 137 cm³/mol. The lowest BCUT2D eigenvalue weighted by atomic mass is 10.0. The molecule has 12 heteroatoms. The Morgan fingerprint density at radius 2 is 1.53 bits per heavy atom. The zero-order valence-electron chi connectivity index (χ0n) is 20.3. The number of fused-ring (bicyclic) bond motifs is 1. The van der Waals surface area contributed by atoms with Crippen LogP contribution in [0, 0.1) is 0 Å². The van der Waals surface area contributed by atoms with Crippen LogP contribution in [0.5, 0.6) is 0 Å². The fraction of sp³-hybridized carbons (Fsp3) is 0.269. The first kappa shape index (κ1) is 27.9. The molecule has 0 aliphatic rings. The van der Waals surface area contributed by atoms with Crippen LogP contribution in [0.15, 0.2) is 60.8 Å². The summed E-state index contributed by atoms with van der Waals surface area (Å²) >= 11 is 0. The molecule has 2 aromatic carbocycles. The number of aromatic amines is 1. The van der Waals surface area contributed by atoms with Gasteiger partial charge in [-0.1, -0.05) is 48.5 Å². The molecule has 1 heterocycles. The number of nitrogens with one attached hydrogen (secondary N) is 4. The SMILES string of the molecule is NC(Cc1ccccc1)C(=O)NC(CC(=O)O)C(=O)NCC(=O)NC(Cc1c[nH]c2ccccc12)C(=O)O. The molecule has 0 bridgehead atoms. The smallest absolute Gasteiger partial charge is 0.326 e. The third kappa shape index (κ3) is 7.90. The van der Waals surface area contributed by atoms with Gasteiger partial charge in [0.1, 0.15) is 12.1 Å². The molecule has 0 radical (unpaired) electrons. The second kappa shape index (κ2) is 13.0. The molecule has 3 unspecified atom stereocenters. The molecule has 38 heavy (non-hydrogen) atoms. The Bertz CT molecular complexity index is 1310. The maximum atomic E-state index is 12.6. The Morgan fingerprint density at radius 3 is 2.21 bits per heavy atom. The van der Waals surface area contributed by atoms with Gasteiger partial charge >= 0.3 is 11.9 Å². The van der Waals surface area contributed by atoms with Gasteiger partial charge in [0, 0.05) is 23.5 Å². The first-order valence-electron chi connectivity index (χ1n) is 11.8. The van der Waals surface area contributed by atoms with E-state index in [2.05, 4.69) is 20.9 Å². The number of nitrogens with two attached hydrogens (primary N) is 1. The number of carboxylic acid groups (broad SMARTS) is 2. The lowest BCUT2D eigenvalue weighted by Crippen LogP contribution is -2.54. The summed E-state index contributed by atoms with van der Waals surface area (Å²) in [4.78, 5) is 63.5. The van der Waals surface area contributed by atoms with Crippen molar-refractivity contribution in [3.63, 3.8) is 0 Å². The minimum atomic E-state index is -1.49. The van der Waals surface area contributed by atoms with E-state index in [-0.39, 0.29) is 12.8 Å². The zero-order chi connectivity index (χ0) is 27.7. The molecule has 12 nitrogen and oxygen atoms in total. The summed E-state index contributed by atoms with van der Waals surface area (Å²) in [5.41, 5.74) is 8.20. The molecule has 0 fully saturated rings. The summed E-state index contributed by atoms with van der Waals surface area (Å²) in [6.45, 7) is -0.626. The first-order chi connectivity index (χ1) is 18.1. The quantitative estimate of drug-likeness (QED) is 0.161. The fourth-order valence-corrected chi connectivity index (χ4v) is 3.88. The standard InChI is InChI=1S/C26H29N5O7/c27-18(10-15-6-2-1-3-7-15)24(35)31-20(12-23(33)34)25(36)29-14-22(32)30-21(26(37)38)11-16-13-28-19-9-5-4-8-17(16)19/h1-9,13,18,20-21,28H,10-12,14,27H2,(H,29,36)(H,30,32)(H,31,35)(H,33,34)(H,37,38). The topological polar surface area (TPSA) is 204 Å². The van der Waals surface area contributed by atoms with Crippen LogP contribution in [0.3, 0.4) is 0 Å². The van der Waals surface area contributed by atoms with Gasteiger partial charge in [-0.25, -0.2) is 4.79 Å². The second-order valence-electron chi connectivity index (χ2n) is 8.70. The van der Waals surface area contributed by atoms with E-state index in [4.69, 9.17) is 10.8 Å². The van der Waals surface area contributed by atoms with Crippen molar-refractivity contribution >= 4 is 40.6 Å². The molecule has 0 saturated heterocycles. The van der Waals surface area contributed by atoms with Gasteiger partial charge in [-0.3, -0.25) is 19.2 Å². The highest BCUT2D eigenvalue weighted by molar-refractivity contribution is 5.94. The molecule has 0 saturated carbocycles. The highest BCUT2D eigenvalue weighted by atomic mass is 16.4. The van der Waals surface area contributed by atoms with Gasteiger partial charge in [0.15, 0.2) is 0 Å². The molecule has 0 aliphatic heterocycles. The predicted octanol–water partition coefficient (Wildman–Crippen LogP) is -0.0745. The molecule has 3 atom stereocenters. The summed E-state index contributed by atoms with van der Waals surface area (Å²) in [5, 5.41) is 26.5. The number of hydrogen-bond acceptors (Lipinski definition) is 6. The normalized spacial score (nSPS) is 13.2. The molecular formula is C26H29N5O7. The van der Waals surface area contributed by atoms with Crippen LogP contribution < -0.4 is 21.7 Å². The number of carboxylic acids is 2. The van der Waals surface area contributed by atoms with Crippen molar-refractivity contribution in [3.05, 3.63) is 71.9 Å². The van der Waals surface area contributed by atoms with Crippen LogP contribution in [0.1, 0.15) is 17.5 Å². The summed E-state index contributed by atoms with van der Waals surface area (Å²) in [5.74, 6) is -5.07. The number of amides is 3. The van der Waals surface area contributed by atoms with Crippen molar-refractivity contribution in [1.82, 2.24) is 20.9 Å². The van der Waals surface area contributed by atoms with Gasteiger partial charge in [-0.05, 0) is 23.6 Å². The molecule has 3 rings (SSSR count). The summed E-state index contributed by atoms with van der Waals surface area (Å²) in [6, 6.07) is 12.4. The van der Waals surface area contributed by atoms with Gasteiger partial charge < -0.3 is 36.9 Å². The molecule has 1 aromatic heterocycles. The minimum Gasteiger partial charge on any atom is -0.481 e. The highest BCUT2D eigenvalue weighted by Gasteiger charge is 2.27. The molecule has 3 amide bonds. The van der Waals surface area contributed by atoms with Gasteiger partial charge in [0.2, 0.25) is 17.7 Å². The summed E-state index contributed by atoms with van der Waals surface area (Å²) < 4.78 is 0. The second-order valence-corrected chi connectivity index (χ2v) is 8.70. The Labute approximate surface area is 217 Å². The average molecular weight is 524 g/mol. The van der Waals surface area contributed by atoms with Gasteiger partial charge in [0.05, 0.1) is 19.0 Å².